The van der Waals surface area contributed by atoms with Crippen molar-refractivity contribution in [2.24, 2.45) is 0 Å². The van der Waals surface area contributed by atoms with E-state index in [1.807, 2.05) is 30.3 Å². The van der Waals surface area contributed by atoms with Gasteiger partial charge in [0, 0.05) is 21.1 Å². The number of aryl methyl sites for hydroxylation is 1. The van der Waals surface area contributed by atoms with Crippen LogP contribution in [0.4, 0.5) is 5.82 Å². The normalized spacial score (nSPS) is 10.5. The minimum absolute atomic E-state index is 0.0486. The summed E-state index contributed by atoms with van der Waals surface area (Å²) < 4.78 is 1.03. The fourth-order valence-electron chi connectivity index (χ4n) is 1.68. The van der Waals surface area contributed by atoms with Gasteiger partial charge < -0.3 is 5.32 Å². The number of halogens is 1. The zero-order valence-electron chi connectivity index (χ0n) is 11.1. The van der Waals surface area contributed by atoms with E-state index >= 15 is 0 Å². The first-order valence-corrected chi connectivity index (χ1v) is 8.17. The van der Waals surface area contributed by atoms with Crippen LogP contribution in [0.2, 0.25) is 0 Å². The van der Waals surface area contributed by atoms with Gasteiger partial charge in [-0.2, -0.15) is 5.10 Å². The first kappa shape index (κ1) is 15.1. The van der Waals surface area contributed by atoms with Crippen LogP contribution >= 0.6 is 27.7 Å². The molecule has 0 spiro atoms. The van der Waals surface area contributed by atoms with E-state index < -0.39 is 0 Å². The smallest absolute Gasteiger partial charge is 0.235 e. The van der Waals surface area contributed by atoms with Crippen LogP contribution in [-0.2, 0) is 11.2 Å². The Kier molecular flexibility index (Phi) is 5.67. The van der Waals surface area contributed by atoms with E-state index in [4.69, 9.17) is 0 Å². The molecule has 0 fully saturated rings. The molecule has 1 amide bonds. The molecule has 0 saturated heterocycles. The molecule has 4 nitrogen and oxygen atoms in total. The molecule has 0 unspecified atom stereocenters. The Bertz CT molecular complexity index is 568. The van der Waals surface area contributed by atoms with Crippen LogP contribution < -0.4 is 5.32 Å². The van der Waals surface area contributed by atoms with Gasteiger partial charge in [0.2, 0.25) is 5.91 Å². The fourth-order valence-corrected chi connectivity index (χ4v) is 2.64. The van der Waals surface area contributed by atoms with Gasteiger partial charge in [0.25, 0.3) is 0 Å². The van der Waals surface area contributed by atoms with Crippen LogP contribution in [0.15, 0.2) is 39.7 Å². The van der Waals surface area contributed by atoms with Crippen molar-refractivity contribution < 1.29 is 4.79 Å². The van der Waals surface area contributed by atoms with E-state index in [2.05, 4.69) is 38.4 Å². The fraction of sp³-hybridized carbons (Fsp3) is 0.286. The van der Waals surface area contributed by atoms with Crippen molar-refractivity contribution in [1.82, 2.24) is 10.2 Å². The Hall–Kier alpha value is -1.27. The second-order valence-corrected chi connectivity index (χ2v) is 6.28. The van der Waals surface area contributed by atoms with Crippen molar-refractivity contribution in [2.45, 2.75) is 24.7 Å². The van der Waals surface area contributed by atoms with Crippen molar-refractivity contribution in [1.29, 1.82) is 0 Å². The average molecular weight is 354 g/mol. The molecule has 0 saturated carbocycles. The van der Waals surface area contributed by atoms with Crippen LogP contribution in [-0.4, -0.2) is 21.9 Å². The molecular weight excluding hydrogens is 338 g/mol. The molecule has 0 aliphatic carbocycles. The van der Waals surface area contributed by atoms with Crippen molar-refractivity contribution >= 4 is 39.4 Å². The maximum atomic E-state index is 11.8. The van der Waals surface area contributed by atoms with E-state index in [0.29, 0.717) is 11.6 Å². The Morgan fingerprint density at radius 1 is 1.40 bits per heavy atom. The molecule has 2 rings (SSSR count). The SMILES string of the molecule is CCCc1cc(NC(=O)CSc2ccc(Br)cc2)n[nH]1. The van der Waals surface area contributed by atoms with Gasteiger partial charge in [-0.05, 0) is 30.7 Å². The van der Waals surface area contributed by atoms with E-state index in [1.165, 1.54) is 11.8 Å². The van der Waals surface area contributed by atoms with Gasteiger partial charge in [0.15, 0.2) is 5.82 Å². The maximum absolute atomic E-state index is 11.8. The predicted octanol–water partition coefficient (Wildman–Crippen LogP) is 3.86. The van der Waals surface area contributed by atoms with Gasteiger partial charge in [-0.3, -0.25) is 9.89 Å². The summed E-state index contributed by atoms with van der Waals surface area (Å²) in [6.07, 6.45) is 1.99. The molecule has 106 valence electrons. The Morgan fingerprint density at radius 3 is 2.85 bits per heavy atom. The van der Waals surface area contributed by atoms with Gasteiger partial charge in [0.1, 0.15) is 0 Å². The molecular formula is C14H16BrN3OS. The summed E-state index contributed by atoms with van der Waals surface area (Å²) in [7, 11) is 0. The minimum Gasteiger partial charge on any atom is -0.308 e. The summed E-state index contributed by atoms with van der Waals surface area (Å²) in [4.78, 5) is 12.9. The summed E-state index contributed by atoms with van der Waals surface area (Å²) in [5.41, 5.74) is 1.04. The summed E-state index contributed by atoms with van der Waals surface area (Å²) in [5, 5.41) is 9.78. The second kappa shape index (κ2) is 7.50. The number of H-pyrrole nitrogens is 1. The molecule has 0 bridgehead atoms. The molecule has 0 atom stereocenters. The number of amides is 1. The van der Waals surface area contributed by atoms with E-state index in [9.17, 15) is 4.79 Å². The highest BCUT2D eigenvalue weighted by molar-refractivity contribution is 9.10. The topological polar surface area (TPSA) is 57.8 Å². The number of aromatic nitrogens is 2. The zero-order valence-corrected chi connectivity index (χ0v) is 13.6. The Labute approximate surface area is 130 Å². The van der Waals surface area contributed by atoms with Crippen molar-refractivity contribution in [3.63, 3.8) is 0 Å². The third-order valence-corrected chi connectivity index (χ3v) is 4.14. The number of aromatic amines is 1. The van der Waals surface area contributed by atoms with Crippen molar-refractivity contribution in [3.8, 4) is 0 Å². The number of carbonyl (C=O) groups is 1. The molecule has 0 aliphatic rings. The van der Waals surface area contributed by atoms with Gasteiger partial charge in [-0.1, -0.05) is 29.3 Å². The molecule has 1 aromatic heterocycles. The zero-order chi connectivity index (χ0) is 14.4. The van der Waals surface area contributed by atoms with Gasteiger partial charge >= 0.3 is 0 Å². The summed E-state index contributed by atoms with van der Waals surface area (Å²) >= 11 is 4.89. The lowest BCUT2D eigenvalue weighted by atomic mass is 10.2. The van der Waals surface area contributed by atoms with Crippen molar-refractivity contribution in [2.75, 3.05) is 11.1 Å². The summed E-state index contributed by atoms with van der Waals surface area (Å²) in [6.45, 7) is 2.11. The monoisotopic (exact) mass is 353 g/mol. The number of carbonyl (C=O) groups excluding carboxylic acids is 1. The van der Waals surface area contributed by atoms with E-state index in [0.717, 1.165) is 27.9 Å². The number of nitrogens with zero attached hydrogens (tertiary/aromatic N) is 1. The third-order valence-electron chi connectivity index (χ3n) is 2.60. The average Bonchev–Trinajstić information content (AvgIpc) is 2.86. The highest BCUT2D eigenvalue weighted by atomic mass is 79.9. The highest BCUT2D eigenvalue weighted by Gasteiger charge is 2.06. The Balaban J connectivity index is 1.81. The summed E-state index contributed by atoms with van der Waals surface area (Å²) in [5.74, 6) is 0.916. The molecule has 6 heteroatoms. The number of rotatable bonds is 6. The number of anilines is 1. The van der Waals surface area contributed by atoms with E-state index in [-0.39, 0.29) is 5.91 Å². The van der Waals surface area contributed by atoms with E-state index in [1.54, 1.807) is 0 Å². The molecule has 2 N–H and O–H groups in total. The molecule has 0 aliphatic heterocycles. The molecule has 20 heavy (non-hydrogen) atoms. The first-order valence-electron chi connectivity index (χ1n) is 6.40. The third kappa shape index (κ3) is 4.68. The van der Waals surface area contributed by atoms with Crippen LogP contribution in [0.3, 0.4) is 0 Å². The standard InChI is InChI=1S/C14H16BrN3OS/c1-2-3-11-8-13(18-17-11)16-14(19)9-20-12-6-4-10(15)5-7-12/h4-8H,2-3,9H2,1H3,(H2,16,17,18,19). The molecule has 1 heterocycles. The second-order valence-electron chi connectivity index (χ2n) is 4.32. The number of hydrogen-bond donors (Lipinski definition) is 2. The van der Waals surface area contributed by atoms with Gasteiger partial charge in [-0.25, -0.2) is 0 Å². The number of nitrogens with one attached hydrogen (secondary N) is 2. The van der Waals surface area contributed by atoms with Gasteiger partial charge in [-0.15, -0.1) is 11.8 Å². The van der Waals surface area contributed by atoms with Crippen molar-refractivity contribution in [3.05, 3.63) is 40.5 Å². The van der Waals surface area contributed by atoms with Crippen LogP contribution in [0.25, 0.3) is 0 Å². The quantitative estimate of drug-likeness (QED) is 0.775. The summed E-state index contributed by atoms with van der Waals surface area (Å²) in [6, 6.07) is 9.77. The van der Waals surface area contributed by atoms with Crippen LogP contribution in [0.5, 0.6) is 0 Å². The highest BCUT2D eigenvalue weighted by Crippen LogP contribution is 2.20. The minimum atomic E-state index is -0.0486. The lowest BCUT2D eigenvalue weighted by molar-refractivity contribution is -0.113. The molecule has 0 radical (unpaired) electrons. The Morgan fingerprint density at radius 2 is 2.15 bits per heavy atom. The lowest BCUT2D eigenvalue weighted by Crippen LogP contribution is -2.14. The largest absolute Gasteiger partial charge is 0.308 e. The number of thioether (sulfide) groups is 1. The number of benzene rings is 1. The van der Waals surface area contributed by atoms with Gasteiger partial charge in [0.05, 0.1) is 5.75 Å². The predicted molar refractivity (Wildman–Crippen MR) is 86.1 cm³/mol. The molecule has 2 aromatic rings. The van der Waals surface area contributed by atoms with Crippen LogP contribution in [0.1, 0.15) is 19.0 Å². The lowest BCUT2D eigenvalue weighted by Gasteiger charge is -2.02. The maximum Gasteiger partial charge on any atom is 0.235 e. The first-order chi connectivity index (χ1) is 9.67. The number of hydrogen-bond acceptors (Lipinski definition) is 3. The van der Waals surface area contributed by atoms with Crippen LogP contribution in [0, 0.1) is 0 Å². The molecule has 1 aromatic carbocycles.